The molecule has 1 amide bonds. The van der Waals surface area contributed by atoms with E-state index in [1.807, 2.05) is 0 Å². The van der Waals surface area contributed by atoms with Gasteiger partial charge in [0.1, 0.15) is 5.75 Å². The van der Waals surface area contributed by atoms with E-state index in [-0.39, 0.29) is 41.0 Å². The molecule has 8 heteroatoms. The smallest absolute Gasteiger partial charge is 0.251 e. The molecule has 1 saturated heterocycles. The molecule has 1 aliphatic carbocycles. The summed E-state index contributed by atoms with van der Waals surface area (Å²) in [4.78, 5) is 16.7. The Balaban J connectivity index is 0.00000300. The van der Waals surface area contributed by atoms with Crippen LogP contribution in [0.1, 0.15) is 44.0 Å². The topological polar surface area (TPSA) is 95.0 Å². The van der Waals surface area contributed by atoms with Gasteiger partial charge in [-0.15, -0.1) is 24.0 Å². The van der Waals surface area contributed by atoms with E-state index in [2.05, 4.69) is 41.7 Å². The second-order valence-electron chi connectivity index (χ2n) is 8.11. The molecule has 1 heterocycles. The highest BCUT2D eigenvalue weighted by molar-refractivity contribution is 14.0. The van der Waals surface area contributed by atoms with Gasteiger partial charge in [0.05, 0.1) is 6.10 Å². The number of phenols is 1. The summed E-state index contributed by atoms with van der Waals surface area (Å²) in [5, 5.41) is 19.2. The fourth-order valence-corrected chi connectivity index (χ4v) is 4.31. The molecule has 29 heavy (non-hydrogen) atoms. The van der Waals surface area contributed by atoms with Gasteiger partial charge < -0.3 is 25.8 Å². The molecule has 7 nitrogen and oxygen atoms in total. The molecule has 0 spiro atoms. The first-order valence-corrected chi connectivity index (χ1v) is 10.2. The van der Waals surface area contributed by atoms with Crippen molar-refractivity contribution in [2.24, 2.45) is 16.3 Å². The summed E-state index contributed by atoms with van der Waals surface area (Å²) in [6.45, 7) is 9.36. The van der Waals surface area contributed by atoms with Crippen molar-refractivity contribution in [3.63, 3.8) is 0 Å². The Labute approximate surface area is 190 Å². The van der Waals surface area contributed by atoms with Gasteiger partial charge in [-0.1, -0.05) is 19.9 Å². The number of benzene rings is 1. The summed E-state index contributed by atoms with van der Waals surface area (Å²) in [7, 11) is 0. The molecule has 0 bridgehead atoms. The molecule has 1 aliphatic heterocycles. The molecule has 0 aromatic heterocycles. The first-order chi connectivity index (χ1) is 13.4. The quantitative estimate of drug-likeness (QED) is 0.194. The number of aromatic hydroxyl groups is 1. The van der Waals surface area contributed by atoms with Crippen LogP contribution >= 0.6 is 24.0 Å². The Kier molecular flexibility index (Phi) is 8.57. The van der Waals surface area contributed by atoms with Crippen LogP contribution in [0.3, 0.4) is 0 Å². The number of hydrogen-bond acceptors (Lipinski definition) is 4. The zero-order chi connectivity index (χ0) is 20.1. The Morgan fingerprint density at radius 3 is 2.86 bits per heavy atom. The van der Waals surface area contributed by atoms with Gasteiger partial charge in [0.25, 0.3) is 5.91 Å². The zero-order valence-electron chi connectivity index (χ0n) is 17.4. The molecule has 3 unspecified atom stereocenters. The lowest BCUT2D eigenvalue weighted by atomic mass is 9.57. The molecular weight excluding hydrogens is 483 g/mol. The van der Waals surface area contributed by atoms with E-state index in [9.17, 15) is 9.90 Å². The van der Waals surface area contributed by atoms with Crippen molar-refractivity contribution >= 4 is 35.8 Å². The lowest BCUT2D eigenvalue weighted by molar-refractivity contribution is -0.106. The third kappa shape index (κ3) is 5.53. The van der Waals surface area contributed by atoms with Crippen LogP contribution in [0.4, 0.5) is 0 Å². The highest BCUT2D eigenvalue weighted by atomic mass is 127. The number of phenolic OH excluding ortho intramolecular Hbond substituents is 1. The Hall–Kier alpha value is -1.55. The van der Waals surface area contributed by atoms with Crippen molar-refractivity contribution in [3.8, 4) is 5.75 Å². The van der Waals surface area contributed by atoms with Crippen LogP contribution in [0.25, 0.3) is 0 Å². The van der Waals surface area contributed by atoms with Gasteiger partial charge in [0, 0.05) is 49.2 Å². The number of rotatable bonds is 7. The maximum atomic E-state index is 12.1. The number of carbonyl (C=O) groups excluding carboxylic acids is 1. The van der Waals surface area contributed by atoms with Crippen molar-refractivity contribution in [3.05, 3.63) is 29.8 Å². The third-order valence-corrected chi connectivity index (χ3v) is 5.74. The monoisotopic (exact) mass is 516 g/mol. The van der Waals surface area contributed by atoms with Gasteiger partial charge in [0.15, 0.2) is 5.96 Å². The molecular formula is C21H33IN4O3. The van der Waals surface area contributed by atoms with Gasteiger partial charge in [-0.25, -0.2) is 0 Å². The average Bonchev–Trinajstić information content (AvgIpc) is 3.12. The first kappa shape index (κ1) is 23.7. The number of nitrogens with one attached hydrogen (secondary N) is 3. The van der Waals surface area contributed by atoms with Crippen LogP contribution in [0.2, 0.25) is 0 Å². The molecule has 2 fully saturated rings. The molecule has 4 N–H and O–H groups in total. The zero-order valence-corrected chi connectivity index (χ0v) is 19.7. The maximum absolute atomic E-state index is 12.1. The average molecular weight is 516 g/mol. The fraction of sp³-hybridized carbons (Fsp3) is 0.619. The summed E-state index contributed by atoms with van der Waals surface area (Å²) >= 11 is 0. The van der Waals surface area contributed by atoms with Crippen molar-refractivity contribution in [1.29, 1.82) is 0 Å². The van der Waals surface area contributed by atoms with Crippen molar-refractivity contribution in [1.82, 2.24) is 16.0 Å². The van der Waals surface area contributed by atoms with Crippen LogP contribution in [-0.4, -0.2) is 55.4 Å². The lowest BCUT2D eigenvalue weighted by Crippen LogP contribution is -2.68. The minimum atomic E-state index is -0.187. The Morgan fingerprint density at radius 1 is 1.34 bits per heavy atom. The van der Waals surface area contributed by atoms with Gasteiger partial charge in [-0.05, 0) is 38.0 Å². The molecule has 1 saturated carbocycles. The second-order valence-corrected chi connectivity index (χ2v) is 8.11. The van der Waals surface area contributed by atoms with Gasteiger partial charge in [0.2, 0.25) is 0 Å². The normalized spacial score (nSPS) is 24.7. The van der Waals surface area contributed by atoms with Crippen LogP contribution in [-0.2, 0) is 4.74 Å². The van der Waals surface area contributed by atoms with Gasteiger partial charge >= 0.3 is 0 Å². The molecule has 3 atom stereocenters. The predicted molar refractivity (Wildman–Crippen MR) is 125 cm³/mol. The SMILES string of the molecule is CCNC(=NCCCNC(=O)c1cccc(O)c1)NC1C2CCOC2C1(C)C.I. The van der Waals surface area contributed by atoms with E-state index < -0.39 is 0 Å². The second kappa shape index (κ2) is 10.5. The minimum absolute atomic E-state index is 0. The van der Waals surface area contributed by atoms with Gasteiger partial charge in [-0.3, -0.25) is 9.79 Å². The van der Waals surface area contributed by atoms with Crippen LogP contribution in [0.5, 0.6) is 5.75 Å². The lowest BCUT2D eigenvalue weighted by Gasteiger charge is -2.54. The standard InChI is InChI=1S/C21H32N4O3.HI/c1-4-22-20(25-17-16-9-12-28-18(16)21(17,2)3)24-11-6-10-23-19(27)14-7-5-8-15(26)13-14;/h5,7-8,13,16-18,26H,4,6,9-12H2,1-3H3,(H,23,27)(H2,22,24,25);1H. The molecule has 2 aliphatic rings. The third-order valence-electron chi connectivity index (χ3n) is 5.74. The fourth-order valence-electron chi connectivity index (χ4n) is 4.31. The number of fused-ring (bicyclic) bond motifs is 1. The molecule has 162 valence electrons. The van der Waals surface area contributed by atoms with Crippen LogP contribution in [0, 0.1) is 11.3 Å². The van der Waals surface area contributed by atoms with Gasteiger partial charge in [-0.2, -0.15) is 0 Å². The molecule has 3 rings (SSSR count). The number of hydrogen-bond donors (Lipinski definition) is 4. The van der Waals surface area contributed by atoms with E-state index in [1.54, 1.807) is 18.2 Å². The summed E-state index contributed by atoms with van der Waals surface area (Å²) in [6, 6.07) is 6.71. The largest absolute Gasteiger partial charge is 0.508 e. The van der Waals surface area contributed by atoms with E-state index in [4.69, 9.17) is 4.74 Å². The minimum Gasteiger partial charge on any atom is -0.508 e. The predicted octanol–water partition coefficient (Wildman–Crippen LogP) is 2.50. The highest BCUT2D eigenvalue weighted by Gasteiger charge is 2.59. The highest BCUT2D eigenvalue weighted by Crippen LogP contribution is 2.52. The molecule has 0 radical (unpaired) electrons. The van der Waals surface area contributed by atoms with E-state index in [1.165, 1.54) is 6.07 Å². The number of carbonyl (C=O) groups is 1. The number of halogens is 1. The van der Waals surface area contributed by atoms with Crippen LogP contribution in [0.15, 0.2) is 29.3 Å². The number of nitrogens with zero attached hydrogens (tertiary/aromatic N) is 1. The summed E-state index contributed by atoms with van der Waals surface area (Å²) in [6.07, 6.45) is 2.19. The van der Waals surface area contributed by atoms with Crippen LogP contribution < -0.4 is 16.0 Å². The number of ether oxygens (including phenoxy) is 1. The Bertz CT molecular complexity index is 726. The van der Waals surface area contributed by atoms with Crippen molar-refractivity contribution in [2.75, 3.05) is 26.2 Å². The molecule has 1 aromatic rings. The number of aliphatic imine (C=N–C) groups is 1. The van der Waals surface area contributed by atoms with Crippen molar-refractivity contribution in [2.45, 2.75) is 45.8 Å². The summed E-state index contributed by atoms with van der Waals surface area (Å²) < 4.78 is 5.86. The Morgan fingerprint density at radius 2 is 2.14 bits per heavy atom. The number of guanidine groups is 1. The summed E-state index contributed by atoms with van der Waals surface area (Å²) in [5.74, 6) is 1.28. The van der Waals surface area contributed by atoms with Crippen molar-refractivity contribution < 1.29 is 14.6 Å². The van der Waals surface area contributed by atoms with E-state index in [0.29, 0.717) is 36.7 Å². The summed E-state index contributed by atoms with van der Waals surface area (Å²) in [5.41, 5.74) is 0.561. The van der Waals surface area contributed by atoms with E-state index >= 15 is 0 Å². The molecule has 1 aromatic carbocycles. The number of amides is 1. The van der Waals surface area contributed by atoms with E-state index in [0.717, 1.165) is 32.0 Å². The first-order valence-electron chi connectivity index (χ1n) is 10.2. The maximum Gasteiger partial charge on any atom is 0.251 e.